The zero-order valence-electron chi connectivity index (χ0n) is 12.5. The van der Waals surface area contributed by atoms with Crippen LogP contribution in [0.1, 0.15) is 18.4 Å². The molecule has 0 unspecified atom stereocenters. The second kappa shape index (κ2) is 5.81. The molecule has 0 spiro atoms. The molecule has 0 aliphatic heterocycles. The first-order valence-electron chi connectivity index (χ1n) is 6.66. The summed E-state index contributed by atoms with van der Waals surface area (Å²) in [5.41, 5.74) is -0.992. The number of carboxylic acid groups (broad SMARTS) is 1. The van der Waals surface area contributed by atoms with E-state index in [9.17, 15) is 18.3 Å². The largest absolute Gasteiger partial charge is 0.480 e. The number of carboxylic acids is 1. The van der Waals surface area contributed by atoms with Gasteiger partial charge in [0.1, 0.15) is 5.54 Å². The van der Waals surface area contributed by atoms with Gasteiger partial charge in [0.05, 0.1) is 11.0 Å². The van der Waals surface area contributed by atoms with Crippen LogP contribution in [0.4, 0.5) is 0 Å². The fourth-order valence-corrected chi connectivity index (χ4v) is 4.62. The van der Waals surface area contributed by atoms with E-state index in [1.54, 1.807) is 6.92 Å². The molecule has 0 bridgehead atoms. The van der Waals surface area contributed by atoms with Crippen molar-refractivity contribution in [2.75, 3.05) is 14.2 Å². The van der Waals surface area contributed by atoms with Gasteiger partial charge >= 0.3 is 5.97 Å². The molecule has 8 heteroatoms. The Morgan fingerprint density at radius 3 is 2.50 bits per heavy atom. The van der Waals surface area contributed by atoms with Gasteiger partial charge in [-0.15, -0.1) is 0 Å². The van der Waals surface area contributed by atoms with E-state index < -0.39 is 21.5 Å². The molecule has 1 aliphatic carbocycles. The lowest BCUT2D eigenvalue weighted by Gasteiger charge is -2.48. The highest BCUT2D eigenvalue weighted by molar-refractivity contribution is 7.89. The second-order valence-electron chi connectivity index (χ2n) is 5.49. The lowest BCUT2D eigenvalue weighted by Crippen LogP contribution is -2.64. The maximum absolute atomic E-state index is 12.8. The number of ether oxygens (including phenoxy) is 1. The Morgan fingerprint density at radius 1 is 1.45 bits per heavy atom. The standard InChI is InChI=1S/C14H18ClNO5S/c1-9-6-10(15)4-5-12(9)22(19,20)16(2)14(13(17)18)7-11(8-14)21-3/h4-6,11H,7-8H2,1-3H3,(H,17,18). The molecule has 6 nitrogen and oxygen atoms in total. The first kappa shape index (κ1) is 17.2. The van der Waals surface area contributed by atoms with Gasteiger partial charge in [-0.05, 0) is 30.7 Å². The quantitative estimate of drug-likeness (QED) is 0.879. The summed E-state index contributed by atoms with van der Waals surface area (Å²) >= 11 is 5.84. The van der Waals surface area contributed by atoms with Crippen molar-refractivity contribution >= 4 is 27.6 Å². The van der Waals surface area contributed by atoms with E-state index in [1.807, 2.05) is 0 Å². The predicted octanol–water partition coefficient (Wildman–Crippen LogP) is 1.90. The van der Waals surface area contributed by atoms with Gasteiger partial charge in [0.15, 0.2) is 0 Å². The van der Waals surface area contributed by atoms with Crippen molar-refractivity contribution in [3.8, 4) is 0 Å². The maximum Gasteiger partial charge on any atom is 0.325 e. The van der Waals surface area contributed by atoms with Gasteiger partial charge in [0.25, 0.3) is 0 Å². The van der Waals surface area contributed by atoms with Crippen molar-refractivity contribution < 1.29 is 23.1 Å². The van der Waals surface area contributed by atoms with Crippen molar-refractivity contribution in [2.45, 2.75) is 36.3 Å². The highest BCUT2D eigenvalue weighted by Gasteiger charge is 2.57. The van der Waals surface area contributed by atoms with E-state index in [0.717, 1.165) is 4.31 Å². The Morgan fingerprint density at radius 2 is 2.05 bits per heavy atom. The summed E-state index contributed by atoms with van der Waals surface area (Å²) in [7, 11) is -1.17. The fourth-order valence-electron chi connectivity index (χ4n) is 2.71. The molecule has 22 heavy (non-hydrogen) atoms. The molecule has 0 atom stereocenters. The molecule has 0 radical (unpaired) electrons. The average molecular weight is 348 g/mol. The number of likely N-dealkylation sites (N-methyl/N-ethyl adjacent to an activating group) is 1. The molecule has 0 aromatic heterocycles. The van der Waals surface area contributed by atoms with E-state index in [-0.39, 0.29) is 23.8 Å². The maximum atomic E-state index is 12.8. The molecule has 1 N–H and O–H groups in total. The molecule has 0 saturated heterocycles. The molecule has 1 aromatic rings. The van der Waals surface area contributed by atoms with Gasteiger partial charge in [-0.1, -0.05) is 11.6 Å². The average Bonchev–Trinajstić information content (AvgIpc) is 2.36. The summed E-state index contributed by atoms with van der Waals surface area (Å²) in [6.07, 6.45) is 0.00244. The Balaban J connectivity index is 2.42. The summed E-state index contributed by atoms with van der Waals surface area (Å²) in [6, 6.07) is 4.40. The monoisotopic (exact) mass is 347 g/mol. The summed E-state index contributed by atoms with van der Waals surface area (Å²) in [5.74, 6) is -1.17. The molecule has 1 fully saturated rings. The Kier molecular flexibility index (Phi) is 4.54. The van der Waals surface area contributed by atoms with Crippen molar-refractivity contribution in [3.05, 3.63) is 28.8 Å². The van der Waals surface area contributed by atoms with Crippen LogP contribution >= 0.6 is 11.6 Å². The summed E-state index contributed by atoms with van der Waals surface area (Å²) < 4.78 is 31.6. The first-order chi connectivity index (χ1) is 10.1. The van der Waals surface area contributed by atoms with Crippen molar-refractivity contribution in [3.63, 3.8) is 0 Å². The minimum atomic E-state index is -3.94. The van der Waals surface area contributed by atoms with E-state index in [2.05, 4.69) is 0 Å². The molecular weight excluding hydrogens is 330 g/mol. The third kappa shape index (κ3) is 2.62. The minimum absolute atomic E-state index is 0.0564. The highest BCUT2D eigenvalue weighted by Crippen LogP contribution is 2.42. The van der Waals surface area contributed by atoms with Gasteiger partial charge in [0.2, 0.25) is 10.0 Å². The number of benzene rings is 1. The lowest BCUT2D eigenvalue weighted by molar-refractivity contribution is -0.162. The van der Waals surface area contributed by atoms with Crippen LogP contribution < -0.4 is 0 Å². The third-order valence-electron chi connectivity index (χ3n) is 4.24. The van der Waals surface area contributed by atoms with E-state index >= 15 is 0 Å². The van der Waals surface area contributed by atoms with Crippen LogP contribution in [0.5, 0.6) is 0 Å². The SMILES string of the molecule is COC1CC(C(=O)O)(N(C)S(=O)(=O)c2ccc(Cl)cc2C)C1. The van der Waals surface area contributed by atoms with E-state index in [0.29, 0.717) is 10.6 Å². The number of aryl methyl sites for hydroxylation is 1. The van der Waals surface area contributed by atoms with Crippen LogP contribution in [0.15, 0.2) is 23.1 Å². The lowest BCUT2D eigenvalue weighted by atomic mass is 9.74. The number of methoxy groups -OCH3 is 1. The van der Waals surface area contributed by atoms with E-state index in [1.165, 1.54) is 32.4 Å². The molecule has 1 aromatic carbocycles. The van der Waals surface area contributed by atoms with Crippen molar-refractivity contribution in [1.29, 1.82) is 0 Å². The highest BCUT2D eigenvalue weighted by atomic mass is 35.5. The van der Waals surface area contributed by atoms with Gasteiger partial charge in [-0.25, -0.2) is 8.42 Å². The normalized spacial score (nSPS) is 25.0. The molecule has 2 rings (SSSR count). The number of rotatable bonds is 5. The molecule has 1 saturated carbocycles. The predicted molar refractivity (Wildman–Crippen MR) is 81.5 cm³/mol. The Hall–Kier alpha value is -1.15. The molecule has 122 valence electrons. The molecule has 1 aliphatic rings. The van der Waals surface area contributed by atoms with Crippen LogP contribution in [-0.2, 0) is 19.6 Å². The number of aliphatic carboxylic acids is 1. The number of hydrogen-bond donors (Lipinski definition) is 1. The summed E-state index contributed by atoms with van der Waals surface area (Å²) in [4.78, 5) is 11.7. The number of carbonyl (C=O) groups is 1. The zero-order chi connectivity index (χ0) is 16.7. The number of nitrogens with zero attached hydrogens (tertiary/aromatic N) is 1. The molecular formula is C14H18ClNO5S. The van der Waals surface area contributed by atoms with E-state index in [4.69, 9.17) is 16.3 Å². The van der Waals surface area contributed by atoms with Gasteiger partial charge in [-0.2, -0.15) is 4.31 Å². The third-order valence-corrected chi connectivity index (χ3v) is 6.56. The van der Waals surface area contributed by atoms with Crippen LogP contribution in [0.2, 0.25) is 5.02 Å². The van der Waals surface area contributed by atoms with Crippen LogP contribution in [0, 0.1) is 6.92 Å². The fraction of sp³-hybridized carbons (Fsp3) is 0.500. The second-order valence-corrected chi connectivity index (χ2v) is 7.86. The van der Waals surface area contributed by atoms with Gasteiger partial charge in [-0.3, -0.25) is 4.79 Å². The van der Waals surface area contributed by atoms with Crippen LogP contribution in [0.3, 0.4) is 0 Å². The first-order valence-corrected chi connectivity index (χ1v) is 8.48. The number of halogens is 1. The van der Waals surface area contributed by atoms with Crippen molar-refractivity contribution in [2.24, 2.45) is 0 Å². The Labute approximate surface area is 134 Å². The topological polar surface area (TPSA) is 83.9 Å². The molecule has 0 amide bonds. The smallest absolute Gasteiger partial charge is 0.325 e. The molecule has 0 heterocycles. The van der Waals surface area contributed by atoms with Gasteiger partial charge in [0, 0.05) is 32.0 Å². The van der Waals surface area contributed by atoms with Crippen LogP contribution in [-0.4, -0.2) is 49.6 Å². The zero-order valence-corrected chi connectivity index (χ0v) is 14.1. The van der Waals surface area contributed by atoms with Crippen molar-refractivity contribution in [1.82, 2.24) is 4.31 Å². The summed E-state index contributed by atoms with van der Waals surface area (Å²) in [6.45, 7) is 1.62. The summed E-state index contributed by atoms with van der Waals surface area (Å²) in [5, 5.41) is 9.93. The van der Waals surface area contributed by atoms with Crippen LogP contribution in [0.25, 0.3) is 0 Å². The van der Waals surface area contributed by atoms with Gasteiger partial charge < -0.3 is 9.84 Å². The number of hydrogen-bond acceptors (Lipinski definition) is 4. The number of sulfonamides is 1. The minimum Gasteiger partial charge on any atom is -0.480 e. The Bertz CT molecular complexity index is 697.